The fraction of sp³-hybridized carbons (Fsp3) is 1.00. The lowest BCUT2D eigenvalue weighted by atomic mass is 10.5. The Morgan fingerprint density at radius 3 is 1.08 bits per heavy atom. The minimum absolute atomic E-state index is 2.23. The summed E-state index contributed by atoms with van der Waals surface area (Å²) in [4.78, 5) is 11.3. The summed E-state index contributed by atoms with van der Waals surface area (Å²) in [7, 11) is 0. The van der Waals surface area contributed by atoms with Crippen LogP contribution in [0.25, 0.3) is 0 Å². The second-order valence-corrected chi connectivity index (χ2v) is 1.98. The topological polar surface area (TPSA) is 46.2 Å². The quantitative estimate of drug-likeness (QED) is 0.400. The van der Waals surface area contributed by atoms with Gasteiger partial charge in [0.15, 0.2) is 0 Å². The van der Waals surface area contributed by atoms with Gasteiger partial charge in [0.1, 0.15) is 0 Å². The van der Waals surface area contributed by atoms with Crippen molar-refractivity contribution in [3.05, 3.63) is 0 Å². The third-order valence-electron chi connectivity index (χ3n) is 0.869. The fourth-order valence-corrected chi connectivity index (χ4v) is 0.368. The third-order valence-corrected chi connectivity index (χ3v) is 1.22. The van der Waals surface area contributed by atoms with Crippen molar-refractivity contribution >= 4 is 11.6 Å². The lowest BCUT2D eigenvalue weighted by Crippen LogP contribution is -2.54. The van der Waals surface area contributed by atoms with Crippen molar-refractivity contribution in [3.8, 4) is 0 Å². The van der Waals surface area contributed by atoms with Gasteiger partial charge in [-0.2, -0.15) is 0 Å². The molecule has 0 aliphatic carbocycles. The van der Waals surface area contributed by atoms with Crippen LogP contribution >= 0.6 is 11.6 Å². The Kier molecular flexibility index (Phi) is 4.74. The summed E-state index contributed by atoms with van der Waals surface area (Å²) in [6, 6.07) is 0. The van der Waals surface area contributed by atoms with E-state index in [9.17, 15) is 22.6 Å². The van der Waals surface area contributed by atoms with Gasteiger partial charge >= 0.3 is 11.2 Å². The molecule has 0 rings (SSSR count). The zero-order chi connectivity index (χ0) is 10.5. The molecule has 13 heavy (non-hydrogen) atoms. The van der Waals surface area contributed by atoms with Gasteiger partial charge in [-0.25, -0.2) is 0 Å². The van der Waals surface area contributed by atoms with Crippen molar-refractivity contribution in [2.45, 2.75) is 11.2 Å². The highest BCUT2D eigenvalue weighted by Crippen LogP contribution is 2.39. The van der Waals surface area contributed by atoms with E-state index in [0.29, 0.717) is 0 Å². The molecule has 11 heteroatoms. The van der Waals surface area contributed by atoms with Crippen molar-refractivity contribution in [3.63, 3.8) is 0 Å². The number of rotatable bonds is 6. The van der Waals surface area contributed by atoms with E-state index >= 15 is 0 Å². The van der Waals surface area contributed by atoms with Gasteiger partial charge in [0.25, 0.3) is 0 Å². The number of alkyl halides is 1. The fourth-order valence-electron chi connectivity index (χ4n) is 0.280. The van der Waals surface area contributed by atoms with E-state index in [1.165, 1.54) is 0 Å². The summed E-state index contributed by atoms with van der Waals surface area (Å²) in [5.41, 5.74) is 0. The summed E-state index contributed by atoms with van der Waals surface area (Å²) in [6.45, 7) is 0. The molecule has 0 unspecified atom stereocenters. The molecule has 0 aromatic heterocycles. The predicted octanol–water partition coefficient (Wildman–Crippen LogP) is 2.04. The standard InChI is InChI=1S/C2ClF5O5/c3-1(9-4,10-5)2(11-6,12-7)13-8. The molecule has 0 aromatic rings. The smallest absolute Gasteiger partial charge is 0.128 e. The normalized spacial score (nSPS) is 13.4. The highest BCUT2D eigenvalue weighted by atomic mass is 35.5. The van der Waals surface area contributed by atoms with E-state index in [4.69, 9.17) is 0 Å². The second-order valence-electron chi connectivity index (χ2n) is 1.48. The number of hydrogen-bond donors (Lipinski definition) is 0. The van der Waals surface area contributed by atoms with E-state index in [1.807, 2.05) is 0 Å². The van der Waals surface area contributed by atoms with E-state index in [2.05, 4.69) is 36.3 Å². The Bertz CT molecular complexity index is 142. The van der Waals surface area contributed by atoms with Gasteiger partial charge in [0.05, 0.1) is 0 Å². The molecular formula is C2ClF5O5. The molecule has 80 valence electrons. The van der Waals surface area contributed by atoms with Gasteiger partial charge in [-0.15, -0.1) is 24.7 Å². The molecule has 0 aliphatic rings. The first-order valence-electron chi connectivity index (χ1n) is 2.23. The van der Waals surface area contributed by atoms with Gasteiger partial charge in [-0.3, -0.25) is 0 Å². The minimum atomic E-state index is -4.35. The molecule has 0 heterocycles. The average molecular weight is 234 g/mol. The molecule has 0 spiro atoms. The highest BCUT2D eigenvalue weighted by Gasteiger charge is 2.66. The van der Waals surface area contributed by atoms with Crippen molar-refractivity contribution in [2.75, 3.05) is 0 Å². The Morgan fingerprint density at radius 2 is 1.00 bits per heavy atom. The molecule has 0 atom stereocenters. The zero-order valence-electron chi connectivity index (χ0n) is 5.31. The largest absolute Gasteiger partial charge is 0.453 e. The average Bonchev–Trinajstić information content (AvgIpc) is 2.20. The van der Waals surface area contributed by atoms with E-state index in [0.717, 1.165) is 0 Å². The van der Waals surface area contributed by atoms with Gasteiger partial charge in [-0.05, 0) is 34.2 Å². The van der Waals surface area contributed by atoms with Crippen LogP contribution < -0.4 is 0 Å². The lowest BCUT2D eigenvalue weighted by molar-refractivity contribution is -0.622. The van der Waals surface area contributed by atoms with Crippen LogP contribution in [-0.4, -0.2) is 11.2 Å². The monoisotopic (exact) mass is 234 g/mol. The van der Waals surface area contributed by atoms with Crippen LogP contribution in [-0.2, 0) is 24.7 Å². The van der Waals surface area contributed by atoms with Gasteiger partial charge < -0.3 is 0 Å². The summed E-state index contributed by atoms with van der Waals surface area (Å²) in [5.74, 6) is -4.35. The molecule has 0 aromatic carbocycles. The van der Waals surface area contributed by atoms with Gasteiger partial charge in [-0.1, -0.05) is 0 Å². The van der Waals surface area contributed by atoms with Crippen LogP contribution in [0.15, 0.2) is 0 Å². The molecule has 0 saturated carbocycles. The van der Waals surface area contributed by atoms with Crippen LogP contribution in [0.4, 0.5) is 22.6 Å². The Balaban J connectivity index is 4.87. The third kappa shape index (κ3) is 1.98. The molecule has 0 bridgehead atoms. The molecule has 0 amide bonds. The molecule has 0 N–H and O–H groups in total. The first kappa shape index (κ1) is 12.7. The maximum absolute atomic E-state index is 11.4. The Morgan fingerprint density at radius 1 is 0.692 bits per heavy atom. The Hall–Kier alpha value is -0.260. The number of hydrogen-bond acceptors (Lipinski definition) is 5. The van der Waals surface area contributed by atoms with E-state index in [1.54, 1.807) is 0 Å². The SMILES string of the molecule is FOC(Cl)(OF)C(OF)(OF)OF. The van der Waals surface area contributed by atoms with Crippen LogP contribution in [0.2, 0.25) is 0 Å². The zero-order valence-corrected chi connectivity index (χ0v) is 6.06. The van der Waals surface area contributed by atoms with Crippen LogP contribution in [0.3, 0.4) is 0 Å². The van der Waals surface area contributed by atoms with Crippen LogP contribution in [0, 0.1) is 0 Å². The summed E-state index contributed by atoms with van der Waals surface area (Å²) in [6.07, 6.45) is 0. The van der Waals surface area contributed by atoms with Crippen LogP contribution in [0.5, 0.6) is 0 Å². The maximum Gasteiger partial charge on any atom is 0.453 e. The molecule has 0 aliphatic heterocycles. The molecule has 0 saturated heterocycles. The second kappa shape index (κ2) is 4.83. The van der Waals surface area contributed by atoms with Gasteiger partial charge in [0.2, 0.25) is 0 Å². The van der Waals surface area contributed by atoms with Crippen molar-refractivity contribution in [1.29, 1.82) is 0 Å². The summed E-state index contributed by atoms with van der Waals surface area (Å²) in [5, 5.41) is -4.11. The van der Waals surface area contributed by atoms with Crippen molar-refractivity contribution in [1.82, 2.24) is 0 Å². The van der Waals surface area contributed by atoms with Crippen molar-refractivity contribution in [2.24, 2.45) is 0 Å². The van der Waals surface area contributed by atoms with Crippen molar-refractivity contribution < 1.29 is 47.3 Å². The molecule has 5 nitrogen and oxygen atoms in total. The number of halogens is 6. The summed E-state index contributed by atoms with van der Waals surface area (Å²) >= 11 is 4.44. The Labute approximate surface area is 71.3 Å². The lowest BCUT2D eigenvalue weighted by Gasteiger charge is -2.27. The molecule has 0 fully saturated rings. The van der Waals surface area contributed by atoms with Crippen LogP contribution in [0.1, 0.15) is 0 Å². The van der Waals surface area contributed by atoms with Gasteiger partial charge in [0, 0.05) is 0 Å². The summed E-state index contributed by atoms with van der Waals surface area (Å²) < 4.78 is 56.8. The first-order chi connectivity index (χ1) is 6.05. The molecule has 0 radical (unpaired) electrons. The minimum Gasteiger partial charge on any atom is -0.128 e. The highest BCUT2D eigenvalue weighted by molar-refractivity contribution is 6.22. The molecular weight excluding hydrogens is 234 g/mol. The van der Waals surface area contributed by atoms with E-state index in [-0.39, 0.29) is 0 Å². The predicted molar refractivity (Wildman–Crippen MR) is 22.3 cm³/mol. The van der Waals surface area contributed by atoms with E-state index < -0.39 is 11.2 Å². The first-order valence-corrected chi connectivity index (χ1v) is 2.61. The maximum atomic E-state index is 11.4.